The van der Waals surface area contributed by atoms with E-state index in [2.05, 4.69) is 5.92 Å². The lowest BCUT2D eigenvalue weighted by molar-refractivity contribution is 0.681. The van der Waals surface area contributed by atoms with Crippen molar-refractivity contribution in [3.63, 3.8) is 0 Å². The Balaban J connectivity index is 2.62. The van der Waals surface area contributed by atoms with Gasteiger partial charge in [0, 0.05) is 12.2 Å². The third-order valence-electron chi connectivity index (χ3n) is 1.73. The van der Waals surface area contributed by atoms with E-state index in [0.29, 0.717) is 22.1 Å². The Morgan fingerprint density at radius 2 is 2.14 bits per heavy atom. The topological polar surface area (TPSA) is 17.1 Å². The molecule has 3 heteroatoms. The molecule has 0 aliphatic rings. The summed E-state index contributed by atoms with van der Waals surface area (Å²) in [7, 11) is -1.02. The molecule has 1 atom stereocenters. The molecule has 0 fully saturated rings. The molecule has 0 bridgehead atoms. The van der Waals surface area contributed by atoms with Crippen LogP contribution >= 0.6 is 11.6 Å². The highest BCUT2D eigenvalue weighted by Crippen LogP contribution is 2.19. The highest BCUT2D eigenvalue weighted by molar-refractivity contribution is 7.85. The van der Waals surface area contributed by atoms with E-state index in [4.69, 9.17) is 18.0 Å². The smallest absolute Gasteiger partial charge is 0.0574 e. The maximum Gasteiger partial charge on any atom is 0.0574 e. The van der Waals surface area contributed by atoms with Gasteiger partial charge >= 0.3 is 0 Å². The summed E-state index contributed by atoms with van der Waals surface area (Å²) in [5, 5.41) is 0.562. The molecule has 1 nitrogen and oxygen atoms in total. The fraction of sp³-hybridized carbons (Fsp3) is 0.273. The van der Waals surface area contributed by atoms with E-state index in [-0.39, 0.29) is 0 Å². The fourth-order valence-corrected chi connectivity index (χ4v) is 2.58. The Morgan fingerprint density at radius 1 is 1.43 bits per heavy atom. The van der Waals surface area contributed by atoms with Crippen LogP contribution in [0, 0.1) is 12.3 Å². The predicted molar refractivity (Wildman–Crippen MR) is 60.8 cm³/mol. The van der Waals surface area contributed by atoms with Crippen molar-refractivity contribution in [2.24, 2.45) is 0 Å². The molecule has 1 aromatic carbocycles. The molecule has 0 radical (unpaired) electrons. The SMILES string of the molecule is C#CCCCS(=O)c1ccccc1Cl. The van der Waals surface area contributed by atoms with Gasteiger partial charge in [0.15, 0.2) is 0 Å². The van der Waals surface area contributed by atoms with Gasteiger partial charge in [-0.2, -0.15) is 0 Å². The van der Waals surface area contributed by atoms with E-state index < -0.39 is 10.8 Å². The molecule has 0 aliphatic heterocycles. The van der Waals surface area contributed by atoms with Crippen LogP contribution in [0.25, 0.3) is 0 Å². The first-order chi connectivity index (χ1) is 6.75. The summed E-state index contributed by atoms with van der Waals surface area (Å²) < 4.78 is 11.7. The Kier molecular flexibility index (Phi) is 4.72. The van der Waals surface area contributed by atoms with Gasteiger partial charge in [0.2, 0.25) is 0 Å². The largest absolute Gasteiger partial charge is 0.254 e. The first kappa shape index (κ1) is 11.3. The Hall–Kier alpha value is -0.780. The van der Waals surface area contributed by atoms with Crippen LogP contribution in [0.2, 0.25) is 5.02 Å². The van der Waals surface area contributed by atoms with Crippen LogP contribution in [0.5, 0.6) is 0 Å². The van der Waals surface area contributed by atoms with Crippen molar-refractivity contribution in [3.05, 3.63) is 29.3 Å². The molecule has 0 saturated heterocycles. The van der Waals surface area contributed by atoms with E-state index in [0.717, 1.165) is 6.42 Å². The minimum atomic E-state index is -1.02. The quantitative estimate of drug-likeness (QED) is 0.570. The maximum atomic E-state index is 11.7. The zero-order valence-corrected chi connectivity index (χ0v) is 9.27. The first-order valence-electron chi connectivity index (χ1n) is 4.32. The van der Waals surface area contributed by atoms with Gasteiger partial charge in [-0.1, -0.05) is 23.7 Å². The summed E-state index contributed by atoms with van der Waals surface area (Å²) in [6.45, 7) is 0. The molecule has 0 heterocycles. The minimum Gasteiger partial charge on any atom is -0.254 e. The average molecular weight is 227 g/mol. The number of hydrogen-bond donors (Lipinski definition) is 0. The number of unbranched alkanes of at least 4 members (excludes halogenated alkanes) is 1. The second-order valence-corrected chi connectivity index (χ2v) is 4.73. The molecular weight excluding hydrogens is 216 g/mol. The van der Waals surface area contributed by atoms with Crippen LogP contribution in [-0.2, 0) is 10.8 Å². The number of halogens is 1. The zero-order chi connectivity index (χ0) is 10.4. The van der Waals surface area contributed by atoms with Gasteiger partial charge in [-0.05, 0) is 18.6 Å². The van der Waals surface area contributed by atoms with Crippen LogP contribution in [0.1, 0.15) is 12.8 Å². The number of benzene rings is 1. The number of terminal acetylenes is 1. The average Bonchev–Trinajstić information content (AvgIpc) is 2.18. The molecule has 1 unspecified atom stereocenters. The van der Waals surface area contributed by atoms with E-state index in [1.807, 2.05) is 12.1 Å². The highest BCUT2D eigenvalue weighted by Gasteiger charge is 2.06. The molecule has 0 saturated carbocycles. The van der Waals surface area contributed by atoms with Crippen molar-refractivity contribution in [1.29, 1.82) is 0 Å². The van der Waals surface area contributed by atoms with Crippen LogP contribution < -0.4 is 0 Å². The molecule has 1 aromatic rings. The van der Waals surface area contributed by atoms with Crippen molar-refractivity contribution < 1.29 is 4.21 Å². The summed E-state index contributed by atoms with van der Waals surface area (Å²) in [6, 6.07) is 7.19. The van der Waals surface area contributed by atoms with Gasteiger partial charge in [0.1, 0.15) is 0 Å². The normalized spacial score (nSPS) is 12.0. The summed E-state index contributed by atoms with van der Waals surface area (Å²) in [6.07, 6.45) is 6.54. The molecule has 14 heavy (non-hydrogen) atoms. The number of hydrogen-bond acceptors (Lipinski definition) is 1. The predicted octanol–water partition coefficient (Wildman–Crippen LogP) is 2.86. The van der Waals surface area contributed by atoms with Gasteiger partial charge in [-0.25, -0.2) is 0 Å². The molecule has 0 N–H and O–H groups in total. The van der Waals surface area contributed by atoms with Gasteiger partial charge in [0.25, 0.3) is 0 Å². The summed E-state index contributed by atoms with van der Waals surface area (Å²) >= 11 is 5.90. The van der Waals surface area contributed by atoms with Crippen LogP contribution in [0.4, 0.5) is 0 Å². The Labute approximate surface area is 91.9 Å². The minimum absolute atomic E-state index is 0.562. The van der Waals surface area contributed by atoms with Gasteiger partial charge < -0.3 is 0 Å². The molecule has 0 aromatic heterocycles. The lowest BCUT2D eigenvalue weighted by atomic mass is 10.4. The molecule has 0 spiro atoms. The molecule has 0 aliphatic carbocycles. The van der Waals surface area contributed by atoms with Gasteiger partial charge in [-0.3, -0.25) is 4.21 Å². The molecule has 1 rings (SSSR count). The van der Waals surface area contributed by atoms with E-state index in [1.165, 1.54) is 0 Å². The molecule has 0 amide bonds. The van der Waals surface area contributed by atoms with Gasteiger partial charge in [-0.15, -0.1) is 12.3 Å². The summed E-state index contributed by atoms with van der Waals surface area (Å²) in [5.74, 6) is 3.10. The van der Waals surface area contributed by atoms with Crippen molar-refractivity contribution >= 4 is 22.4 Å². The van der Waals surface area contributed by atoms with Crippen molar-refractivity contribution in [3.8, 4) is 12.3 Å². The molecular formula is C11H11ClOS. The second kappa shape index (κ2) is 5.85. The Morgan fingerprint density at radius 3 is 2.79 bits per heavy atom. The van der Waals surface area contributed by atoms with Crippen LogP contribution in [0.15, 0.2) is 29.2 Å². The third kappa shape index (κ3) is 3.17. The zero-order valence-electron chi connectivity index (χ0n) is 7.70. The first-order valence-corrected chi connectivity index (χ1v) is 6.01. The van der Waals surface area contributed by atoms with Crippen LogP contribution in [0.3, 0.4) is 0 Å². The summed E-state index contributed by atoms with van der Waals surface area (Å²) in [5.41, 5.74) is 0. The van der Waals surface area contributed by atoms with E-state index >= 15 is 0 Å². The van der Waals surface area contributed by atoms with Crippen molar-refractivity contribution in [1.82, 2.24) is 0 Å². The lowest BCUT2D eigenvalue weighted by Gasteiger charge is -2.02. The highest BCUT2D eigenvalue weighted by atomic mass is 35.5. The third-order valence-corrected chi connectivity index (χ3v) is 3.68. The van der Waals surface area contributed by atoms with Crippen molar-refractivity contribution in [2.45, 2.75) is 17.7 Å². The standard InChI is InChI=1S/C11H11ClOS/c1-2-3-6-9-14(13)11-8-5-4-7-10(11)12/h1,4-5,7-8H,3,6,9H2. The second-order valence-electron chi connectivity index (χ2n) is 2.79. The summed E-state index contributed by atoms with van der Waals surface area (Å²) in [4.78, 5) is 0.700. The maximum absolute atomic E-state index is 11.7. The van der Waals surface area contributed by atoms with Crippen LogP contribution in [-0.4, -0.2) is 9.96 Å². The van der Waals surface area contributed by atoms with Gasteiger partial charge in [0.05, 0.1) is 20.7 Å². The molecule has 74 valence electrons. The monoisotopic (exact) mass is 226 g/mol. The Bertz CT molecular complexity index is 368. The lowest BCUT2D eigenvalue weighted by Crippen LogP contribution is -1.98. The fourth-order valence-electron chi connectivity index (χ4n) is 1.04. The van der Waals surface area contributed by atoms with E-state index in [9.17, 15) is 4.21 Å². The van der Waals surface area contributed by atoms with Crippen molar-refractivity contribution in [2.75, 3.05) is 5.75 Å². The number of rotatable bonds is 4. The van der Waals surface area contributed by atoms with E-state index in [1.54, 1.807) is 12.1 Å².